The van der Waals surface area contributed by atoms with Crippen molar-refractivity contribution in [3.63, 3.8) is 0 Å². The van der Waals surface area contributed by atoms with Crippen molar-refractivity contribution in [2.45, 2.75) is 13.3 Å². The van der Waals surface area contributed by atoms with Crippen molar-refractivity contribution in [2.75, 3.05) is 0 Å². The molecule has 0 spiro atoms. The molecule has 0 radical (unpaired) electrons. The van der Waals surface area contributed by atoms with Gasteiger partial charge in [-0.3, -0.25) is 0 Å². The highest BCUT2D eigenvalue weighted by Crippen LogP contribution is 1.97. The minimum absolute atomic E-state index is 0.280. The second-order valence-electron chi connectivity index (χ2n) is 1.29. The molecule has 0 aliphatic rings. The van der Waals surface area contributed by atoms with Gasteiger partial charge in [0, 0.05) is 6.42 Å². The lowest BCUT2D eigenvalue weighted by molar-refractivity contribution is 0.622. The molecule has 0 bridgehead atoms. The first-order chi connectivity index (χ1) is 3.27. The number of hydrogen-bond donors (Lipinski definition) is 0. The Bertz CT molecular complexity index is 82.2. The van der Waals surface area contributed by atoms with Crippen LogP contribution in [-0.2, 0) is 0 Å². The van der Waals surface area contributed by atoms with Gasteiger partial charge in [-0.1, -0.05) is 18.7 Å². The third-order valence-corrected chi connectivity index (χ3v) is 0.575. The van der Waals surface area contributed by atoms with Crippen LogP contribution in [0.2, 0.25) is 0 Å². The fraction of sp³-hybridized carbons (Fsp3) is 0.333. The lowest BCUT2D eigenvalue weighted by Crippen LogP contribution is -1.61. The summed E-state index contributed by atoms with van der Waals surface area (Å²) in [4.78, 5) is 0. The summed E-state index contributed by atoms with van der Waals surface area (Å²) in [5, 5.41) is 0. The van der Waals surface area contributed by atoms with Gasteiger partial charge in [0.15, 0.2) is 0 Å². The van der Waals surface area contributed by atoms with Crippen molar-refractivity contribution in [3.8, 4) is 0 Å². The maximum absolute atomic E-state index is 11.6. The van der Waals surface area contributed by atoms with Crippen LogP contribution in [0.25, 0.3) is 0 Å². The molecule has 7 heavy (non-hydrogen) atoms. The van der Waals surface area contributed by atoms with Gasteiger partial charge < -0.3 is 0 Å². The number of rotatable bonds is 2. The summed E-state index contributed by atoms with van der Waals surface area (Å²) in [7, 11) is 0. The van der Waals surface area contributed by atoms with Gasteiger partial charge in [0.25, 0.3) is 0 Å². The smallest absolute Gasteiger partial charge is 0.0965 e. The van der Waals surface area contributed by atoms with Crippen molar-refractivity contribution < 1.29 is 4.39 Å². The third kappa shape index (κ3) is 5.41. The van der Waals surface area contributed by atoms with Crippen molar-refractivity contribution in [1.29, 1.82) is 0 Å². The summed E-state index contributed by atoms with van der Waals surface area (Å²) in [6.45, 7) is 4.92. The number of allylic oxidation sites excluding steroid dienone is 3. The molecule has 0 aromatic rings. The lowest BCUT2D eigenvalue weighted by Gasteiger charge is -1.80. The number of halogens is 1. The first-order valence-electron chi connectivity index (χ1n) is 2.22. The van der Waals surface area contributed by atoms with Gasteiger partial charge in [0.1, 0.15) is 0 Å². The van der Waals surface area contributed by atoms with Crippen LogP contribution in [0, 0.1) is 0 Å². The Labute approximate surface area is 43.4 Å². The predicted octanol–water partition coefficient (Wildman–Crippen LogP) is 2.44. The molecule has 0 aliphatic carbocycles. The van der Waals surface area contributed by atoms with Crippen LogP contribution in [0.15, 0.2) is 24.6 Å². The molecule has 0 aliphatic heterocycles. The minimum Gasteiger partial charge on any atom is -0.212 e. The summed E-state index contributed by atoms with van der Waals surface area (Å²) in [5.41, 5.74) is 0. The topological polar surface area (TPSA) is 0 Å². The summed E-state index contributed by atoms with van der Waals surface area (Å²) in [6, 6.07) is 0. The standard InChI is InChI=1S/C6H9F/c1-3-4-5-6(2)7/h3-4H,2,5H2,1H3/b4-3+. The molecule has 0 saturated carbocycles. The van der Waals surface area contributed by atoms with Gasteiger partial charge >= 0.3 is 0 Å². The maximum atomic E-state index is 11.6. The van der Waals surface area contributed by atoms with Gasteiger partial charge in [-0.15, -0.1) is 0 Å². The minimum atomic E-state index is -0.280. The summed E-state index contributed by atoms with van der Waals surface area (Å²) in [5.74, 6) is -0.280. The maximum Gasteiger partial charge on any atom is 0.0965 e. The van der Waals surface area contributed by atoms with E-state index in [2.05, 4.69) is 6.58 Å². The highest BCUT2D eigenvalue weighted by atomic mass is 19.1. The fourth-order valence-corrected chi connectivity index (χ4v) is 0.246. The molecule has 0 aromatic heterocycles. The van der Waals surface area contributed by atoms with E-state index >= 15 is 0 Å². The van der Waals surface area contributed by atoms with Gasteiger partial charge in [0.2, 0.25) is 0 Å². The molecule has 1 heteroatoms. The summed E-state index contributed by atoms with van der Waals surface area (Å²) < 4.78 is 11.6. The molecule has 0 rings (SSSR count). The molecule has 0 N–H and O–H groups in total. The highest BCUT2D eigenvalue weighted by molar-refractivity contribution is 4.91. The fourth-order valence-electron chi connectivity index (χ4n) is 0.246. The molecule has 0 amide bonds. The van der Waals surface area contributed by atoms with E-state index in [-0.39, 0.29) is 5.83 Å². The average molecular weight is 100 g/mol. The predicted molar refractivity (Wildman–Crippen MR) is 29.7 cm³/mol. The largest absolute Gasteiger partial charge is 0.212 e. The summed E-state index contributed by atoms with van der Waals surface area (Å²) >= 11 is 0. The Hall–Kier alpha value is -0.590. The Morgan fingerprint density at radius 1 is 1.86 bits per heavy atom. The van der Waals surface area contributed by atoms with E-state index in [1.54, 1.807) is 12.2 Å². The van der Waals surface area contributed by atoms with Gasteiger partial charge in [-0.2, -0.15) is 0 Å². The van der Waals surface area contributed by atoms with Crippen LogP contribution in [-0.4, -0.2) is 0 Å². The van der Waals surface area contributed by atoms with Gasteiger partial charge in [-0.05, 0) is 6.92 Å². The van der Waals surface area contributed by atoms with Crippen LogP contribution >= 0.6 is 0 Å². The van der Waals surface area contributed by atoms with E-state index in [1.165, 1.54) is 0 Å². The van der Waals surface area contributed by atoms with Crippen molar-refractivity contribution in [3.05, 3.63) is 24.6 Å². The third-order valence-electron chi connectivity index (χ3n) is 0.575. The molecule has 0 heterocycles. The zero-order chi connectivity index (χ0) is 5.70. The van der Waals surface area contributed by atoms with E-state index in [0.29, 0.717) is 6.42 Å². The monoisotopic (exact) mass is 100 g/mol. The molecule has 0 nitrogen and oxygen atoms in total. The average Bonchev–Trinajstić information content (AvgIpc) is 1.61. The molecule has 0 saturated heterocycles. The molecular weight excluding hydrogens is 91.1 g/mol. The zero-order valence-electron chi connectivity index (χ0n) is 4.45. The van der Waals surface area contributed by atoms with Crippen LogP contribution in [0.1, 0.15) is 13.3 Å². The molecular formula is C6H9F. The van der Waals surface area contributed by atoms with E-state index in [9.17, 15) is 4.39 Å². The normalized spacial score (nSPS) is 10.0. The van der Waals surface area contributed by atoms with Crippen LogP contribution in [0.4, 0.5) is 4.39 Å². The SMILES string of the molecule is C=C(F)C/C=C/C. The molecule has 40 valence electrons. The van der Waals surface area contributed by atoms with Gasteiger partial charge in [0.05, 0.1) is 5.83 Å². The van der Waals surface area contributed by atoms with Crippen LogP contribution in [0.5, 0.6) is 0 Å². The van der Waals surface area contributed by atoms with Crippen LogP contribution in [0.3, 0.4) is 0 Å². The zero-order valence-corrected chi connectivity index (χ0v) is 4.45. The molecule has 0 atom stereocenters. The van der Waals surface area contributed by atoms with Gasteiger partial charge in [-0.25, -0.2) is 4.39 Å². The molecule has 0 fully saturated rings. The van der Waals surface area contributed by atoms with E-state index in [4.69, 9.17) is 0 Å². The Morgan fingerprint density at radius 3 is 2.57 bits per heavy atom. The van der Waals surface area contributed by atoms with Crippen molar-refractivity contribution in [1.82, 2.24) is 0 Å². The molecule has 0 aromatic carbocycles. The van der Waals surface area contributed by atoms with E-state index < -0.39 is 0 Å². The highest BCUT2D eigenvalue weighted by Gasteiger charge is 1.79. The number of hydrogen-bond acceptors (Lipinski definition) is 0. The lowest BCUT2D eigenvalue weighted by atomic mass is 10.4. The quantitative estimate of drug-likeness (QED) is 0.467. The summed E-state index contributed by atoms with van der Waals surface area (Å²) in [6.07, 6.45) is 3.88. The van der Waals surface area contributed by atoms with Crippen molar-refractivity contribution >= 4 is 0 Å². The van der Waals surface area contributed by atoms with Crippen LogP contribution < -0.4 is 0 Å². The molecule has 0 unspecified atom stereocenters. The van der Waals surface area contributed by atoms with Crippen molar-refractivity contribution in [2.24, 2.45) is 0 Å². The second kappa shape index (κ2) is 3.59. The van der Waals surface area contributed by atoms with E-state index in [1.807, 2.05) is 6.92 Å². The Morgan fingerprint density at radius 2 is 2.43 bits per heavy atom. The Balaban J connectivity index is 3.14. The van der Waals surface area contributed by atoms with E-state index in [0.717, 1.165) is 0 Å². The first-order valence-corrected chi connectivity index (χ1v) is 2.22. The Kier molecular flexibility index (Phi) is 3.29. The first kappa shape index (κ1) is 6.41. The second-order valence-corrected chi connectivity index (χ2v) is 1.29.